The number of ketones is 1. The van der Waals surface area contributed by atoms with Gasteiger partial charge in [0, 0.05) is 23.6 Å². The predicted octanol–water partition coefficient (Wildman–Crippen LogP) is 3.82. The molecule has 0 saturated carbocycles. The molecule has 0 amide bonds. The van der Waals surface area contributed by atoms with Crippen LogP contribution < -0.4 is 4.72 Å². The van der Waals surface area contributed by atoms with E-state index in [0.717, 1.165) is 46.5 Å². The molecule has 172 valence electrons. The topological polar surface area (TPSA) is 119 Å². The Morgan fingerprint density at radius 3 is 2.65 bits per heavy atom. The smallest absolute Gasteiger partial charge is 0.232 e. The van der Waals surface area contributed by atoms with E-state index in [1.165, 1.54) is 0 Å². The maximum Gasteiger partial charge on any atom is 0.232 e. The summed E-state index contributed by atoms with van der Waals surface area (Å²) in [6.07, 6.45) is 3.44. The van der Waals surface area contributed by atoms with Gasteiger partial charge in [0.1, 0.15) is 6.07 Å². The maximum atomic E-state index is 12.9. The number of H-pyrrole nitrogens is 1. The van der Waals surface area contributed by atoms with Crippen LogP contribution in [0.15, 0.2) is 66.2 Å². The van der Waals surface area contributed by atoms with Gasteiger partial charge in [-0.25, -0.2) is 8.93 Å². The average molecular weight is 473 g/mol. The van der Waals surface area contributed by atoms with Crippen LogP contribution in [0.5, 0.6) is 0 Å². The average Bonchev–Trinajstić information content (AvgIpc) is 3.30. The Kier molecular flexibility index (Phi) is 5.78. The van der Waals surface area contributed by atoms with Crippen molar-refractivity contribution in [3.63, 3.8) is 0 Å². The summed E-state index contributed by atoms with van der Waals surface area (Å²) in [4.78, 5) is 12.9. The van der Waals surface area contributed by atoms with Crippen LogP contribution in [0.25, 0.3) is 11.3 Å². The van der Waals surface area contributed by atoms with E-state index in [1.807, 2.05) is 55.5 Å². The number of hydrogen-bond donors (Lipinski definition) is 3. The second-order valence-corrected chi connectivity index (χ2v) is 9.68. The molecule has 2 aromatic carbocycles. The highest BCUT2D eigenvalue weighted by Gasteiger charge is 2.53. The molecule has 2 aliphatic rings. The molecule has 3 N–H and O–H groups in total. The van der Waals surface area contributed by atoms with E-state index >= 15 is 0 Å². The van der Waals surface area contributed by atoms with Gasteiger partial charge in [0.05, 0.1) is 22.4 Å². The molecule has 0 radical (unpaired) electrons. The second-order valence-electron chi connectivity index (χ2n) is 8.90. The van der Waals surface area contributed by atoms with Gasteiger partial charge in [-0.3, -0.25) is 14.4 Å². The molecule has 1 heterocycles. The number of aromatic amines is 1. The van der Waals surface area contributed by atoms with Gasteiger partial charge < -0.3 is 0 Å². The van der Waals surface area contributed by atoms with Crippen LogP contribution in [0.2, 0.25) is 0 Å². The van der Waals surface area contributed by atoms with Gasteiger partial charge in [-0.15, -0.1) is 0 Å². The van der Waals surface area contributed by atoms with E-state index in [0.29, 0.717) is 0 Å². The van der Waals surface area contributed by atoms with Crippen LogP contribution in [0, 0.1) is 23.2 Å². The van der Waals surface area contributed by atoms with Crippen molar-refractivity contribution in [1.82, 2.24) is 14.9 Å². The third-order valence-corrected chi connectivity index (χ3v) is 7.62. The largest absolute Gasteiger partial charge is 0.294 e. The van der Waals surface area contributed by atoms with E-state index in [9.17, 15) is 14.3 Å². The van der Waals surface area contributed by atoms with Gasteiger partial charge >= 0.3 is 0 Å². The summed E-state index contributed by atoms with van der Waals surface area (Å²) in [6.45, 7) is 2.22. The minimum atomic E-state index is -2.06. The molecule has 2 aliphatic carbocycles. The number of hydrogen-bond acceptors (Lipinski definition) is 4. The van der Waals surface area contributed by atoms with Gasteiger partial charge in [0.15, 0.2) is 5.78 Å². The molecular formula is C26H24N4O3S. The van der Waals surface area contributed by atoms with Crippen molar-refractivity contribution < 1.29 is 13.6 Å². The number of allylic oxidation sites excluding steroid dienone is 2. The first-order valence-corrected chi connectivity index (χ1v) is 12.3. The first-order chi connectivity index (χ1) is 16.5. The molecule has 8 heteroatoms. The van der Waals surface area contributed by atoms with E-state index in [1.54, 1.807) is 0 Å². The molecule has 0 spiro atoms. The standard InChI is InChI=1S/C26H24N4O3S/c1-16-22-12-11-21-23(18-9-7-17(8-10-18)15-28-34(32)33)29-30-25(21)26(22,13-19(14-27)24(16)31)20-5-3-2-4-6-20/h2-10,13,16,22,28H,11-12,15H2,1H3,(H,29,30)(H,32,33)/t16-,22?,26+/m0/s1. The molecule has 0 fully saturated rings. The van der Waals surface area contributed by atoms with E-state index < -0.39 is 16.7 Å². The predicted molar refractivity (Wildman–Crippen MR) is 129 cm³/mol. The number of Topliss-reactive ketones (excluding diaryl/α,β-unsaturated/α-hetero) is 1. The van der Waals surface area contributed by atoms with Crippen LogP contribution in [0.3, 0.4) is 0 Å². The number of fused-ring (bicyclic) bond motifs is 3. The lowest BCUT2D eigenvalue weighted by molar-refractivity contribution is -0.121. The molecule has 5 rings (SSSR count). The maximum absolute atomic E-state index is 12.9. The number of carbonyl (C=O) groups is 1. The lowest BCUT2D eigenvalue weighted by atomic mass is 9.54. The van der Waals surface area contributed by atoms with Crippen LogP contribution in [0.1, 0.15) is 35.7 Å². The zero-order valence-corrected chi connectivity index (χ0v) is 19.4. The summed E-state index contributed by atoms with van der Waals surface area (Å²) in [5.74, 6) is -0.341. The van der Waals surface area contributed by atoms with Crippen molar-refractivity contribution in [2.24, 2.45) is 11.8 Å². The molecule has 2 unspecified atom stereocenters. The first-order valence-electron chi connectivity index (χ1n) is 11.2. The minimum absolute atomic E-state index is 0.0214. The fourth-order valence-corrected chi connectivity index (χ4v) is 5.91. The minimum Gasteiger partial charge on any atom is -0.294 e. The number of benzene rings is 2. The van der Waals surface area contributed by atoms with Crippen molar-refractivity contribution in [3.05, 3.63) is 88.6 Å². The second kappa shape index (κ2) is 8.76. The summed E-state index contributed by atoms with van der Waals surface area (Å²) in [6, 6.07) is 19.9. The van der Waals surface area contributed by atoms with Crippen molar-refractivity contribution in [2.45, 2.75) is 31.7 Å². The van der Waals surface area contributed by atoms with Gasteiger partial charge in [0.2, 0.25) is 11.3 Å². The Morgan fingerprint density at radius 1 is 1.24 bits per heavy atom. The molecule has 0 aliphatic heterocycles. The molecule has 7 nitrogen and oxygen atoms in total. The third-order valence-electron chi connectivity index (χ3n) is 7.22. The van der Waals surface area contributed by atoms with Gasteiger partial charge in [-0.1, -0.05) is 61.5 Å². The Labute approximate surface area is 200 Å². The molecule has 4 atom stereocenters. The third kappa shape index (κ3) is 3.53. The Balaban J connectivity index is 1.64. The fourth-order valence-electron chi connectivity index (χ4n) is 5.62. The number of rotatable bonds is 5. The number of nitrogens with zero attached hydrogens (tertiary/aromatic N) is 2. The monoisotopic (exact) mass is 472 g/mol. The molecule has 34 heavy (non-hydrogen) atoms. The van der Waals surface area contributed by atoms with Crippen LogP contribution in [-0.4, -0.2) is 24.7 Å². The molecule has 3 aromatic rings. The highest BCUT2D eigenvalue weighted by atomic mass is 32.2. The quantitative estimate of drug-likeness (QED) is 0.488. The van der Waals surface area contributed by atoms with Crippen LogP contribution >= 0.6 is 0 Å². The number of nitriles is 1. The van der Waals surface area contributed by atoms with Crippen molar-refractivity contribution in [3.8, 4) is 17.3 Å². The number of nitrogens with one attached hydrogen (secondary N) is 2. The summed E-state index contributed by atoms with van der Waals surface area (Å²) in [5.41, 5.74) is 5.33. The van der Waals surface area contributed by atoms with Crippen molar-refractivity contribution >= 4 is 17.0 Å². The Morgan fingerprint density at radius 2 is 1.97 bits per heavy atom. The Hall–Kier alpha value is -3.38. The van der Waals surface area contributed by atoms with E-state index in [4.69, 9.17) is 9.65 Å². The zero-order chi connectivity index (χ0) is 23.9. The number of aromatic nitrogens is 2. The first kappa shape index (κ1) is 22.4. The van der Waals surface area contributed by atoms with E-state index in [-0.39, 0.29) is 29.7 Å². The lowest BCUT2D eigenvalue weighted by Gasteiger charge is -2.47. The van der Waals surface area contributed by atoms with Gasteiger partial charge in [-0.2, -0.15) is 10.4 Å². The van der Waals surface area contributed by atoms with Gasteiger partial charge in [0.25, 0.3) is 0 Å². The summed E-state index contributed by atoms with van der Waals surface area (Å²) < 4.78 is 22.3. The van der Waals surface area contributed by atoms with Crippen LogP contribution in [-0.2, 0) is 34.4 Å². The molecular weight excluding hydrogens is 448 g/mol. The highest BCUT2D eigenvalue weighted by Crippen LogP contribution is 2.54. The summed E-state index contributed by atoms with van der Waals surface area (Å²) in [7, 11) is 0. The van der Waals surface area contributed by atoms with Crippen LogP contribution in [0.4, 0.5) is 0 Å². The lowest BCUT2D eigenvalue weighted by Crippen LogP contribution is -2.48. The molecule has 0 saturated heterocycles. The van der Waals surface area contributed by atoms with Crippen molar-refractivity contribution in [2.75, 3.05) is 0 Å². The normalized spacial score (nSPS) is 24.5. The Bertz CT molecular complexity index is 1340. The fraction of sp³-hybridized carbons (Fsp3) is 0.269. The molecule has 0 bridgehead atoms. The molecule has 1 aromatic heterocycles. The SMILES string of the molecule is C[C@@H]1C(=O)C(C#N)=C[C@]2(c3ccccc3)c3[nH]nc(-c4ccc(CNS(=O)O)cc4)c3CCC12. The summed E-state index contributed by atoms with van der Waals surface area (Å²) in [5, 5.41) is 17.8. The highest BCUT2D eigenvalue weighted by molar-refractivity contribution is 7.77. The van der Waals surface area contributed by atoms with Crippen molar-refractivity contribution in [1.29, 1.82) is 5.26 Å². The van der Waals surface area contributed by atoms with E-state index in [2.05, 4.69) is 28.0 Å². The zero-order valence-electron chi connectivity index (χ0n) is 18.6. The summed E-state index contributed by atoms with van der Waals surface area (Å²) >= 11 is -2.06. The van der Waals surface area contributed by atoms with Gasteiger partial charge in [-0.05, 0) is 36.0 Å². The number of carbonyl (C=O) groups excluding carboxylic acids is 1.